The van der Waals surface area contributed by atoms with Crippen LogP contribution in [0.5, 0.6) is 0 Å². The summed E-state index contributed by atoms with van der Waals surface area (Å²) in [5.74, 6) is 2.05. The van der Waals surface area contributed by atoms with Crippen LogP contribution in [0.15, 0.2) is 16.5 Å². The van der Waals surface area contributed by atoms with Crippen LogP contribution in [0.25, 0.3) is 0 Å². The van der Waals surface area contributed by atoms with E-state index in [1.54, 1.807) is 0 Å². The molecule has 1 aromatic rings. The van der Waals surface area contributed by atoms with Crippen molar-refractivity contribution in [3.05, 3.63) is 23.7 Å². The summed E-state index contributed by atoms with van der Waals surface area (Å²) < 4.78 is 5.67. The third kappa shape index (κ3) is 2.08. The Hall–Kier alpha value is -0.800. The van der Waals surface area contributed by atoms with E-state index in [9.17, 15) is 0 Å². The van der Waals surface area contributed by atoms with E-state index in [0.29, 0.717) is 12.1 Å². The molecule has 2 rings (SSSR count). The summed E-state index contributed by atoms with van der Waals surface area (Å²) in [5.41, 5.74) is 5.77. The van der Waals surface area contributed by atoms with Crippen LogP contribution in [-0.4, -0.2) is 24.0 Å². The Morgan fingerprint density at radius 3 is 3.00 bits per heavy atom. The standard InChI is InChI=1S/C12H20N2O/c1-9-5-6-12(15-9)10(2)14-7-3-4-11(14)8-13/h5-6,10-11H,3-4,7-8,13H2,1-2H3. The van der Waals surface area contributed by atoms with Gasteiger partial charge in [-0.05, 0) is 45.4 Å². The first-order valence-electron chi connectivity index (χ1n) is 5.74. The van der Waals surface area contributed by atoms with Crippen LogP contribution in [-0.2, 0) is 0 Å². The topological polar surface area (TPSA) is 42.4 Å². The fourth-order valence-corrected chi connectivity index (χ4v) is 2.46. The molecule has 0 spiro atoms. The number of nitrogens with two attached hydrogens (primary N) is 1. The molecule has 3 nitrogen and oxygen atoms in total. The zero-order valence-electron chi connectivity index (χ0n) is 9.57. The van der Waals surface area contributed by atoms with Crippen molar-refractivity contribution in [2.75, 3.05) is 13.1 Å². The highest BCUT2D eigenvalue weighted by atomic mass is 16.3. The molecule has 0 radical (unpaired) electrons. The molecule has 1 aromatic heterocycles. The Labute approximate surface area is 91.2 Å². The minimum atomic E-state index is 0.356. The molecule has 84 valence electrons. The lowest BCUT2D eigenvalue weighted by Gasteiger charge is -2.28. The summed E-state index contributed by atoms with van der Waals surface area (Å²) >= 11 is 0. The van der Waals surface area contributed by atoms with Gasteiger partial charge in [0.05, 0.1) is 6.04 Å². The van der Waals surface area contributed by atoms with E-state index in [-0.39, 0.29) is 0 Å². The SMILES string of the molecule is Cc1ccc(C(C)N2CCCC2CN)o1. The van der Waals surface area contributed by atoms with E-state index < -0.39 is 0 Å². The minimum Gasteiger partial charge on any atom is -0.465 e. The van der Waals surface area contributed by atoms with Gasteiger partial charge in [0.15, 0.2) is 0 Å². The lowest BCUT2D eigenvalue weighted by molar-refractivity contribution is 0.174. The van der Waals surface area contributed by atoms with E-state index >= 15 is 0 Å². The fraction of sp³-hybridized carbons (Fsp3) is 0.667. The molecular formula is C12H20N2O. The van der Waals surface area contributed by atoms with Gasteiger partial charge in [0.1, 0.15) is 11.5 Å². The highest BCUT2D eigenvalue weighted by Gasteiger charge is 2.29. The summed E-state index contributed by atoms with van der Waals surface area (Å²) in [6.45, 7) is 6.08. The van der Waals surface area contributed by atoms with Crippen LogP contribution >= 0.6 is 0 Å². The molecular weight excluding hydrogens is 188 g/mol. The average Bonchev–Trinajstić information content (AvgIpc) is 2.84. The zero-order valence-corrected chi connectivity index (χ0v) is 9.57. The second kappa shape index (κ2) is 4.37. The molecule has 0 amide bonds. The largest absolute Gasteiger partial charge is 0.465 e. The maximum absolute atomic E-state index is 5.77. The number of hydrogen-bond donors (Lipinski definition) is 1. The molecule has 1 fully saturated rings. The number of hydrogen-bond acceptors (Lipinski definition) is 3. The summed E-state index contributed by atoms with van der Waals surface area (Å²) in [5, 5.41) is 0. The summed E-state index contributed by atoms with van der Waals surface area (Å²) in [6.07, 6.45) is 2.48. The predicted octanol–water partition coefficient (Wildman–Crippen LogP) is 2.07. The van der Waals surface area contributed by atoms with Crippen molar-refractivity contribution in [1.29, 1.82) is 0 Å². The molecule has 0 bridgehead atoms. The molecule has 0 aliphatic carbocycles. The lowest BCUT2D eigenvalue weighted by atomic mass is 10.1. The monoisotopic (exact) mass is 208 g/mol. The van der Waals surface area contributed by atoms with Gasteiger partial charge < -0.3 is 10.2 Å². The van der Waals surface area contributed by atoms with Crippen molar-refractivity contribution in [2.45, 2.75) is 38.8 Å². The number of nitrogens with zero attached hydrogens (tertiary/aromatic N) is 1. The molecule has 0 saturated carbocycles. The van der Waals surface area contributed by atoms with Crippen molar-refractivity contribution >= 4 is 0 Å². The average molecular weight is 208 g/mol. The maximum atomic E-state index is 5.77. The van der Waals surface area contributed by atoms with Crippen LogP contribution in [0.2, 0.25) is 0 Å². The Kier molecular flexibility index (Phi) is 3.12. The molecule has 1 saturated heterocycles. The van der Waals surface area contributed by atoms with Gasteiger partial charge in [-0.3, -0.25) is 4.90 Å². The minimum absolute atomic E-state index is 0.356. The van der Waals surface area contributed by atoms with Crippen LogP contribution in [0, 0.1) is 6.92 Å². The van der Waals surface area contributed by atoms with Crippen LogP contribution in [0.1, 0.15) is 37.3 Å². The molecule has 15 heavy (non-hydrogen) atoms. The van der Waals surface area contributed by atoms with Gasteiger partial charge in [0, 0.05) is 12.6 Å². The molecule has 3 heteroatoms. The lowest BCUT2D eigenvalue weighted by Crippen LogP contribution is -2.37. The number of likely N-dealkylation sites (tertiary alicyclic amines) is 1. The van der Waals surface area contributed by atoms with E-state index in [1.165, 1.54) is 12.8 Å². The summed E-state index contributed by atoms with van der Waals surface area (Å²) in [7, 11) is 0. The van der Waals surface area contributed by atoms with Crippen molar-refractivity contribution in [3.63, 3.8) is 0 Å². The Morgan fingerprint density at radius 2 is 2.40 bits per heavy atom. The first kappa shape index (κ1) is 10.7. The van der Waals surface area contributed by atoms with E-state index in [2.05, 4.69) is 17.9 Å². The van der Waals surface area contributed by atoms with Crippen LogP contribution < -0.4 is 5.73 Å². The quantitative estimate of drug-likeness (QED) is 0.827. The van der Waals surface area contributed by atoms with Gasteiger partial charge in [-0.1, -0.05) is 0 Å². The molecule has 1 aliphatic rings. The van der Waals surface area contributed by atoms with Crippen molar-refractivity contribution in [2.24, 2.45) is 5.73 Å². The van der Waals surface area contributed by atoms with Crippen molar-refractivity contribution in [1.82, 2.24) is 4.90 Å². The maximum Gasteiger partial charge on any atom is 0.121 e. The first-order valence-corrected chi connectivity index (χ1v) is 5.74. The van der Waals surface area contributed by atoms with Crippen molar-refractivity contribution < 1.29 is 4.42 Å². The third-order valence-electron chi connectivity index (χ3n) is 3.37. The predicted molar refractivity (Wildman–Crippen MR) is 60.6 cm³/mol. The molecule has 2 unspecified atom stereocenters. The van der Waals surface area contributed by atoms with Crippen LogP contribution in [0.4, 0.5) is 0 Å². The van der Waals surface area contributed by atoms with Gasteiger partial charge >= 0.3 is 0 Å². The highest BCUT2D eigenvalue weighted by molar-refractivity contribution is 5.10. The van der Waals surface area contributed by atoms with Gasteiger partial charge in [-0.25, -0.2) is 0 Å². The first-order chi connectivity index (χ1) is 7.22. The number of furan rings is 1. The zero-order chi connectivity index (χ0) is 10.8. The normalized spacial score (nSPS) is 24.6. The van der Waals surface area contributed by atoms with E-state index in [0.717, 1.165) is 24.6 Å². The van der Waals surface area contributed by atoms with Crippen molar-refractivity contribution in [3.8, 4) is 0 Å². The number of aryl methyl sites for hydroxylation is 1. The Morgan fingerprint density at radius 1 is 1.60 bits per heavy atom. The summed E-state index contributed by atoms with van der Waals surface area (Å²) in [4.78, 5) is 2.46. The van der Waals surface area contributed by atoms with Gasteiger partial charge in [0.2, 0.25) is 0 Å². The smallest absolute Gasteiger partial charge is 0.121 e. The van der Waals surface area contributed by atoms with Gasteiger partial charge in [0.25, 0.3) is 0 Å². The summed E-state index contributed by atoms with van der Waals surface area (Å²) in [6, 6.07) is 4.99. The van der Waals surface area contributed by atoms with Crippen LogP contribution in [0.3, 0.4) is 0 Å². The Bertz CT molecular complexity index is 321. The molecule has 0 aromatic carbocycles. The second-order valence-electron chi connectivity index (χ2n) is 4.39. The molecule has 2 N–H and O–H groups in total. The fourth-order valence-electron chi connectivity index (χ4n) is 2.46. The molecule has 2 atom stereocenters. The Balaban J connectivity index is 2.10. The molecule has 1 aliphatic heterocycles. The molecule has 2 heterocycles. The van der Waals surface area contributed by atoms with Gasteiger partial charge in [-0.2, -0.15) is 0 Å². The van der Waals surface area contributed by atoms with Gasteiger partial charge in [-0.15, -0.1) is 0 Å². The second-order valence-corrected chi connectivity index (χ2v) is 4.39. The van der Waals surface area contributed by atoms with E-state index in [4.69, 9.17) is 10.2 Å². The highest BCUT2D eigenvalue weighted by Crippen LogP contribution is 2.29. The van der Waals surface area contributed by atoms with E-state index in [1.807, 2.05) is 13.0 Å². The number of rotatable bonds is 3. The third-order valence-corrected chi connectivity index (χ3v) is 3.37.